The van der Waals surface area contributed by atoms with Gasteiger partial charge in [0.2, 0.25) is 0 Å². The van der Waals surface area contributed by atoms with Gasteiger partial charge >= 0.3 is 5.97 Å². The molecule has 0 heterocycles. The first kappa shape index (κ1) is 18.2. The summed E-state index contributed by atoms with van der Waals surface area (Å²) in [5, 5.41) is 0. The Bertz CT molecular complexity index is 319. The van der Waals surface area contributed by atoms with Crippen LogP contribution >= 0.6 is 0 Å². The third-order valence-electron chi connectivity index (χ3n) is 3.16. The van der Waals surface area contributed by atoms with E-state index in [2.05, 4.69) is 0 Å². The third-order valence-corrected chi connectivity index (χ3v) is 3.16. The molecule has 0 fully saturated rings. The monoisotopic (exact) mass is 270 g/mol. The van der Waals surface area contributed by atoms with Crippen molar-refractivity contribution >= 4 is 5.97 Å². The number of esters is 1. The van der Waals surface area contributed by atoms with E-state index in [1.165, 1.54) is 0 Å². The summed E-state index contributed by atoms with van der Waals surface area (Å²) >= 11 is 0. The van der Waals surface area contributed by atoms with E-state index in [9.17, 15) is 4.79 Å². The molecule has 1 atom stereocenters. The Hall–Kier alpha value is -0.830. The second-order valence-corrected chi connectivity index (χ2v) is 6.87. The molecule has 0 aliphatic carbocycles. The molecule has 0 saturated heterocycles. The molecular weight excluding hydrogens is 240 g/mol. The summed E-state index contributed by atoms with van der Waals surface area (Å²) in [4.78, 5) is 12.6. The average Bonchev–Trinajstić information content (AvgIpc) is 2.22. The van der Waals surface area contributed by atoms with Crippen molar-refractivity contribution in [1.82, 2.24) is 0 Å². The number of rotatable bonds is 6. The number of allylic oxidation sites excluding steroid dienone is 1. The van der Waals surface area contributed by atoms with Crippen LogP contribution in [0.15, 0.2) is 11.6 Å². The van der Waals surface area contributed by atoms with Gasteiger partial charge in [0.05, 0.1) is 13.2 Å². The van der Waals surface area contributed by atoms with Crippen molar-refractivity contribution in [3.05, 3.63) is 11.6 Å². The summed E-state index contributed by atoms with van der Waals surface area (Å²) in [6.07, 6.45) is 1.99. The first-order valence-corrected chi connectivity index (χ1v) is 6.89. The van der Waals surface area contributed by atoms with Crippen molar-refractivity contribution in [2.24, 2.45) is 16.7 Å². The van der Waals surface area contributed by atoms with Crippen LogP contribution in [0.25, 0.3) is 0 Å². The molecule has 0 spiro atoms. The van der Waals surface area contributed by atoms with Crippen LogP contribution in [0.5, 0.6) is 0 Å². The first-order chi connectivity index (χ1) is 8.56. The summed E-state index contributed by atoms with van der Waals surface area (Å²) in [6.45, 7) is 15.0. The van der Waals surface area contributed by atoms with Gasteiger partial charge in [0.1, 0.15) is 5.41 Å². The Morgan fingerprint density at radius 2 is 1.74 bits per heavy atom. The molecule has 0 bridgehead atoms. The summed E-state index contributed by atoms with van der Waals surface area (Å²) in [7, 11) is 1.62. The highest BCUT2D eigenvalue weighted by Gasteiger charge is 2.48. The van der Waals surface area contributed by atoms with Gasteiger partial charge in [-0.1, -0.05) is 46.3 Å². The van der Waals surface area contributed by atoms with Gasteiger partial charge in [-0.15, -0.1) is 0 Å². The van der Waals surface area contributed by atoms with Crippen LogP contribution in [0.4, 0.5) is 0 Å². The molecule has 0 amide bonds. The van der Waals surface area contributed by atoms with E-state index in [4.69, 9.17) is 9.47 Å². The molecule has 3 heteroatoms. The molecule has 0 rings (SSSR count). The van der Waals surface area contributed by atoms with Crippen LogP contribution in [0.3, 0.4) is 0 Å². The second kappa shape index (κ2) is 7.09. The number of hydrogen-bond donors (Lipinski definition) is 0. The van der Waals surface area contributed by atoms with E-state index in [-0.39, 0.29) is 11.4 Å². The Balaban J connectivity index is 5.46. The molecule has 0 aromatic rings. The normalized spacial score (nSPS) is 15.0. The van der Waals surface area contributed by atoms with E-state index < -0.39 is 5.41 Å². The van der Waals surface area contributed by atoms with E-state index in [1.807, 2.05) is 54.5 Å². The van der Waals surface area contributed by atoms with Crippen LogP contribution in [0, 0.1) is 16.7 Å². The zero-order valence-corrected chi connectivity index (χ0v) is 13.8. The van der Waals surface area contributed by atoms with Crippen molar-refractivity contribution < 1.29 is 14.3 Å². The molecule has 0 aliphatic rings. The Labute approximate surface area is 118 Å². The topological polar surface area (TPSA) is 35.5 Å². The van der Waals surface area contributed by atoms with E-state index in [0.717, 1.165) is 5.57 Å². The largest absolute Gasteiger partial charge is 0.465 e. The fourth-order valence-electron chi connectivity index (χ4n) is 1.99. The zero-order chi connectivity index (χ0) is 15.3. The highest BCUT2D eigenvalue weighted by molar-refractivity contribution is 5.80. The lowest BCUT2D eigenvalue weighted by Crippen LogP contribution is -2.46. The molecule has 112 valence electrons. The summed E-state index contributed by atoms with van der Waals surface area (Å²) in [5.74, 6) is 0.132. The highest BCUT2D eigenvalue weighted by Crippen LogP contribution is 2.42. The minimum Gasteiger partial charge on any atom is -0.465 e. The van der Waals surface area contributed by atoms with Gasteiger partial charge in [-0.05, 0) is 25.2 Å². The molecule has 0 N–H and O–H groups in total. The van der Waals surface area contributed by atoms with Gasteiger partial charge in [-0.25, -0.2) is 0 Å². The molecule has 3 nitrogen and oxygen atoms in total. The van der Waals surface area contributed by atoms with Crippen molar-refractivity contribution in [2.75, 3.05) is 20.3 Å². The number of hydrogen-bond acceptors (Lipinski definition) is 3. The minimum atomic E-state index is -0.741. The fourth-order valence-corrected chi connectivity index (χ4v) is 1.99. The standard InChI is InChI=1S/C16H30O3/c1-12(2)9-16(11-18-8,15(5,6)7)14(17)19-10-13(3)4/h9,13H,10-11H2,1-8H3/t16-/m1/s1. The molecule has 0 aromatic heterocycles. The summed E-state index contributed by atoms with van der Waals surface area (Å²) in [6, 6.07) is 0. The zero-order valence-electron chi connectivity index (χ0n) is 13.8. The summed E-state index contributed by atoms with van der Waals surface area (Å²) < 4.78 is 10.8. The molecule has 0 radical (unpaired) electrons. The molecule has 0 saturated carbocycles. The van der Waals surface area contributed by atoms with Crippen molar-refractivity contribution in [2.45, 2.75) is 48.5 Å². The minimum absolute atomic E-state index is 0.197. The first-order valence-electron chi connectivity index (χ1n) is 6.89. The number of methoxy groups -OCH3 is 1. The lowest BCUT2D eigenvalue weighted by Gasteiger charge is -2.40. The maximum Gasteiger partial charge on any atom is 0.318 e. The van der Waals surface area contributed by atoms with Crippen LogP contribution in [0.1, 0.15) is 48.5 Å². The van der Waals surface area contributed by atoms with Gasteiger partial charge < -0.3 is 9.47 Å². The Kier molecular flexibility index (Phi) is 6.78. The highest BCUT2D eigenvalue weighted by atomic mass is 16.5. The van der Waals surface area contributed by atoms with Gasteiger partial charge in [0.15, 0.2) is 0 Å². The molecular formula is C16H30O3. The van der Waals surface area contributed by atoms with E-state index in [0.29, 0.717) is 19.1 Å². The quantitative estimate of drug-likeness (QED) is 0.543. The predicted molar refractivity (Wildman–Crippen MR) is 79.0 cm³/mol. The predicted octanol–water partition coefficient (Wildman–Crippen LogP) is 3.83. The third kappa shape index (κ3) is 4.98. The maximum absolute atomic E-state index is 12.6. The Morgan fingerprint density at radius 1 is 1.21 bits per heavy atom. The fraction of sp³-hybridized carbons (Fsp3) is 0.812. The average molecular weight is 270 g/mol. The lowest BCUT2D eigenvalue weighted by molar-refractivity contribution is -0.164. The van der Waals surface area contributed by atoms with Gasteiger partial charge in [0, 0.05) is 7.11 Å². The van der Waals surface area contributed by atoms with Crippen molar-refractivity contribution in [3.63, 3.8) is 0 Å². The molecule has 0 aliphatic heterocycles. The second-order valence-electron chi connectivity index (χ2n) is 6.87. The van der Waals surface area contributed by atoms with Gasteiger partial charge in [-0.3, -0.25) is 4.79 Å². The molecule has 19 heavy (non-hydrogen) atoms. The smallest absolute Gasteiger partial charge is 0.318 e. The van der Waals surface area contributed by atoms with Crippen LogP contribution in [0.2, 0.25) is 0 Å². The maximum atomic E-state index is 12.6. The van der Waals surface area contributed by atoms with Crippen LogP contribution in [-0.4, -0.2) is 26.3 Å². The van der Waals surface area contributed by atoms with Gasteiger partial charge in [0.25, 0.3) is 0 Å². The van der Waals surface area contributed by atoms with Crippen LogP contribution < -0.4 is 0 Å². The van der Waals surface area contributed by atoms with E-state index >= 15 is 0 Å². The number of carbonyl (C=O) groups excluding carboxylic acids is 1. The lowest BCUT2D eigenvalue weighted by atomic mass is 9.66. The van der Waals surface area contributed by atoms with Gasteiger partial charge in [-0.2, -0.15) is 0 Å². The van der Waals surface area contributed by atoms with E-state index in [1.54, 1.807) is 7.11 Å². The Morgan fingerprint density at radius 3 is 2.05 bits per heavy atom. The molecule has 0 aromatic carbocycles. The van der Waals surface area contributed by atoms with Crippen molar-refractivity contribution in [3.8, 4) is 0 Å². The number of carbonyl (C=O) groups is 1. The van der Waals surface area contributed by atoms with Crippen LogP contribution in [-0.2, 0) is 14.3 Å². The summed E-state index contributed by atoms with van der Waals surface area (Å²) in [5.41, 5.74) is 0.0811. The SMILES string of the molecule is COC[C@](C=C(C)C)(C(=O)OCC(C)C)C(C)(C)C. The number of ether oxygens (including phenoxy) is 2. The van der Waals surface area contributed by atoms with Crippen molar-refractivity contribution in [1.29, 1.82) is 0 Å². The molecule has 0 unspecified atom stereocenters.